The van der Waals surface area contributed by atoms with Crippen molar-refractivity contribution >= 4 is 17.9 Å². The minimum absolute atomic E-state index is 0.222. The second-order valence-corrected chi connectivity index (χ2v) is 3.03. The standard InChI is InChI=1S/C3H8O3.2C3H6O2.C2H4O2/c4-1-3(6)2-5;2*1-2-3(4)5;1-2(3)4/h3-6H,1-2H2;2*2H2,1H3,(H,4,5);1H3,(H,3,4). The van der Waals surface area contributed by atoms with Crippen LogP contribution in [0.5, 0.6) is 0 Å². The number of carboxylic acid groups (broad SMARTS) is 3. The third-order valence-electron chi connectivity index (χ3n) is 1.03. The van der Waals surface area contributed by atoms with Gasteiger partial charge in [0.15, 0.2) is 0 Å². The molecule has 0 atom stereocenters. The lowest BCUT2D eigenvalue weighted by atomic mass is 10.4. The zero-order chi connectivity index (χ0) is 17.1. The molecule has 0 fully saturated rings. The van der Waals surface area contributed by atoms with Crippen LogP contribution >= 0.6 is 0 Å². The molecule has 0 aliphatic heterocycles. The fourth-order valence-electron chi connectivity index (χ4n) is 0.0577. The SMILES string of the molecule is CC(=O)O.CCC(=O)O.CCC(=O)O.OCC(O)CO. The van der Waals surface area contributed by atoms with Crippen LogP contribution in [0.4, 0.5) is 0 Å². The summed E-state index contributed by atoms with van der Waals surface area (Å²) < 4.78 is 0. The van der Waals surface area contributed by atoms with Gasteiger partial charge in [0.25, 0.3) is 5.97 Å². The topological polar surface area (TPSA) is 173 Å². The maximum absolute atomic E-state index is 9.37. The summed E-state index contributed by atoms with van der Waals surface area (Å²) in [5, 5.41) is 46.9. The van der Waals surface area contributed by atoms with Gasteiger partial charge >= 0.3 is 11.9 Å². The van der Waals surface area contributed by atoms with Gasteiger partial charge in [-0.05, 0) is 0 Å². The molecule has 0 aromatic carbocycles. The van der Waals surface area contributed by atoms with Crippen LogP contribution in [0.1, 0.15) is 33.6 Å². The number of carbonyl (C=O) groups is 3. The average Bonchev–Trinajstić information content (AvgIpc) is 2.38. The maximum atomic E-state index is 9.37. The third-order valence-corrected chi connectivity index (χ3v) is 1.03. The van der Waals surface area contributed by atoms with E-state index in [2.05, 4.69) is 0 Å². The van der Waals surface area contributed by atoms with Crippen molar-refractivity contribution in [3.05, 3.63) is 0 Å². The number of hydrogen-bond donors (Lipinski definition) is 6. The van der Waals surface area contributed by atoms with Gasteiger partial charge in [0.2, 0.25) is 0 Å². The molecule has 0 amide bonds. The lowest BCUT2D eigenvalue weighted by Gasteiger charge is -1.96. The first-order chi connectivity index (χ1) is 9.08. The van der Waals surface area contributed by atoms with Crippen molar-refractivity contribution in [3.63, 3.8) is 0 Å². The monoisotopic (exact) mass is 300 g/mol. The number of aliphatic carboxylic acids is 3. The van der Waals surface area contributed by atoms with Crippen molar-refractivity contribution in [1.29, 1.82) is 0 Å². The highest BCUT2D eigenvalue weighted by molar-refractivity contribution is 5.66. The van der Waals surface area contributed by atoms with Gasteiger partial charge in [-0.3, -0.25) is 14.4 Å². The molecule has 0 radical (unpaired) electrons. The molecule has 0 heterocycles. The van der Waals surface area contributed by atoms with Crippen LogP contribution in [-0.4, -0.2) is 67.9 Å². The molecule has 9 nitrogen and oxygen atoms in total. The molecular weight excluding hydrogens is 276 g/mol. The Kier molecular flexibility index (Phi) is 30.1. The molecule has 0 saturated carbocycles. The van der Waals surface area contributed by atoms with E-state index in [4.69, 9.17) is 35.4 Å². The molecule has 0 aromatic heterocycles. The summed E-state index contributed by atoms with van der Waals surface area (Å²) in [6.45, 7) is 3.55. The third kappa shape index (κ3) is 96.3. The van der Waals surface area contributed by atoms with Gasteiger partial charge in [0.1, 0.15) is 6.10 Å². The zero-order valence-electron chi connectivity index (χ0n) is 11.8. The lowest BCUT2D eigenvalue weighted by molar-refractivity contribution is -0.137. The Morgan fingerprint density at radius 3 is 1.00 bits per heavy atom. The van der Waals surface area contributed by atoms with Crippen molar-refractivity contribution in [1.82, 2.24) is 0 Å². The molecular formula is C11H24O9. The summed E-state index contributed by atoms with van der Waals surface area (Å²) in [6, 6.07) is 0. The number of aliphatic hydroxyl groups excluding tert-OH is 3. The summed E-state index contributed by atoms with van der Waals surface area (Å²) in [6.07, 6.45) is -0.509. The fraction of sp³-hybridized carbons (Fsp3) is 0.727. The first-order valence-corrected chi connectivity index (χ1v) is 5.61. The van der Waals surface area contributed by atoms with Crippen molar-refractivity contribution in [2.24, 2.45) is 0 Å². The van der Waals surface area contributed by atoms with Crippen LogP contribution < -0.4 is 0 Å². The van der Waals surface area contributed by atoms with E-state index in [0.717, 1.165) is 6.92 Å². The van der Waals surface area contributed by atoms with E-state index in [1.807, 2.05) is 0 Å². The quantitative estimate of drug-likeness (QED) is 0.395. The summed E-state index contributed by atoms with van der Waals surface area (Å²) in [4.78, 5) is 27.7. The minimum Gasteiger partial charge on any atom is -0.481 e. The summed E-state index contributed by atoms with van der Waals surface area (Å²) >= 11 is 0. The van der Waals surface area contributed by atoms with Crippen LogP contribution in [0.2, 0.25) is 0 Å². The Morgan fingerprint density at radius 2 is 1.00 bits per heavy atom. The highest BCUT2D eigenvalue weighted by Crippen LogP contribution is 1.71. The van der Waals surface area contributed by atoms with Gasteiger partial charge in [-0.25, -0.2) is 0 Å². The molecule has 0 bridgehead atoms. The predicted molar refractivity (Wildman–Crippen MR) is 69.3 cm³/mol. The average molecular weight is 300 g/mol. The van der Waals surface area contributed by atoms with Crippen LogP contribution in [0, 0.1) is 0 Å². The first kappa shape index (κ1) is 26.8. The van der Waals surface area contributed by atoms with Crippen molar-refractivity contribution < 1.29 is 45.0 Å². The minimum atomic E-state index is -0.954. The molecule has 0 saturated heterocycles. The molecule has 0 rings (SSSR count). The van der Waals surface area contributed by atoms with Crippen molar-refractivity contribution in [2.45, 2.75) is 39.7 Å². The maximum Gasteiger partial charge on any atom is 0.303 e. The Bertz CT molecular complexity index is 218. The van der Waals surface area contributed by atoms with Crippen molar-refractivity contribution in [2.75, 3.05) is 13.2 Å². The van der Waals surface area contributed by atoms with E-state index in [-0.39, 0.29) is 26.1 Å². The van der Waals surface area contributed by atoms with E-state index >= 15 is 0 Å². The van der Waals surface area contributed by atoms with Gasteiger partial charge in [-0.2, -0.15) is 0 Å². The van der Waals surface area contributed by atoms with E-state index in [9.17, 15) is 9.59 Å². The lowest BCUT2D eigenvalue weighted by Crippen LogP contribution is -2.15. The summed E-state index contributed by atoms with van der Waals surface area (Å²) in [5.74, 6) is -2.32. The van der Waals surface area contributed by atoms with Crippen molar-refractivity contribution in [3.8, 4) is 0 Å². The fourth-order valence-corrected chi connectivity index (χ4v) is 0.0577. The Balaban J connectivity index is -0.0000000862. The largest absolute Gasteiger partial charge is 0.481 e. The van der Waals surface area contributed by atoms with Gasteiger partial charge < -0.3 is 30.6 Å². The van der Waals surface area contributed by atoms with Crippen LogP contribution in [0.25, 0.3) is 0 Å². The normalized spacial score (nSPS) is 7.95. The van der Waals surface area contributed by atoms with E-state index in [1.165, 1.54) is 0 Å². The van der Waals surface area contributed by atoms with Gasteiger partial charge in [-0.15, -0.1) is 0 Å². The second-order valence-electron chi connectivity index (χ2n) is 3.03. The molecule has 0 aliphatic rings. The molecule has 0 unspecified atom stereocenters. The van der Waals surface area contributed by atoms with E-state index < -0.39 is 24.0 Å². The molecule has 122 valence electrons. The number of rotatable bonds is 4. The Hall–Kier alpha value is -1.71. The number of hydrogen-bond acceptors (Lipinski definition) is 6. The first-order valence-electron chi connectivity index (χ1n) is 5.61. The number of aliphatic hydroxyl groups is 3. The second kappa shape index (κ2) is 22.5. The van der Waals surface area contributed by atoms with Gasteiger partial charge in [0.05, 0.1) is 13.2 Å². The molecule has 0 spiro atoms. The van der Waals surface area contributed by atoms with Gasteiger partial charge in [-0.1, -0.05) is 13.8 Å². The van der Waals surface area contributed by atoms with E-state index in [0.29, 0.717) is 0 Å². The predicted octanol–water partition coefficient (Wildman–Crippen LogP) is -0.615. The zero-order valence-corrected chi connectivity index (χ0v) is 11.8. The number of carboxylic acids is 3. The Labute approximate surface area is 117 Å². The molecule has 20 heavy (non-hydrogen) atoms. The smallest absolute Gasteiger partial charge is 0.303 e. The molecule has 0 aliphatic carbocycles. The van der Waals surface area contributed by atoms with Crippen LogP contribution in [0.15, 0.2) is 0 Å². The Morgan fingerprint density at radius 1 is 0.850 bits per heavy atom. The highest BCUT2D eigenvalue weighted by atomic mass is 16.4. The molecule has 9 heteroatoms. The van der Waals surface area contributed by atoms with Gasteiger partial charge in [0, 0.05) is 19.8 Å². The van der Waals surface area contributed by atoms with Crippen LogP contribution in [-0.2, 0) is 14.4 Å². The van der Waals surface area contributed by atoms with Crippen LogP contribution in [0.3, 0.4) is 0 Å². The summed E-state index contributed by atoms with van der Waals surface area (Å²) in [5.41, 5.74) is 0. The molecule has 0 aromatic rings. The highest BCUT2D eigenvalue weighted by Gasteiger charge is 1.93. The molecule has 6 N–H and O–H groups in total. The van der Waals surface area contributed by atoms with E-state index in [1.54, 1.807) is 13.8 Å². The summed E-state index contributed by atoms with van der Waals surface area (Å²) in [7, 11) is 0.